The number of carbonyl (C=O) groups is 2. The fourth-order valence-electron chi connectivity index (χ4n) is 5.38. The monoisotopic (exact) mass is 602 g/mol. The lowest BCUT2D eigenvalue weighted by Crippen LogP contribution is -2.72. The first-order valence-corrected chi connectivity index (χ1v) is 15.6. The molecule has 42 heavy (non-hydrogen) atoms. The van der Waals surface area contributed by atoms with E-state index in [1.807, 2.05) is 61.5 Å². The van der Waals surface area contributed by atoms with Crippen LogP contribution in [0.4, 0.5) is 5.69 Å². The Hall–Kier alpha value is -4.14. The SMILES string of the molecule is COc1ccc(CC(c2ccccc2)c2ccccc2)c(N2C(=O)C(NC(=O)COc3ccccc3)C2S(=O)Cl)c1C. The third-order valence-electron chi connectivity index (χ3n) is 7.42. The minimum atomic E-state index is -1.99. The average molecular weight is 603 g/mol. The van der Waals surface area contributed by atoms with Gasteiger partial charge in [0.25, 0.3) is 11.8 Å². The number of hydrogen-bond acceptors (Lipinski definition) is 5. The lowest BCUT2D eigenvalue weighted by atomic mass is 9.84. The van der Waals surface area contributed by atoms with E-state index < -0.39 is 33.2 Å². The van der Waals surface area contributed by atoms with Gasteiger partial charge < -0.3 is 14.8 Å². The molecule has 0 bridgehead atoms. The Bertz CT molecular complexity index is 1530. The Labute approximate surface area is 252 Å². The van der Waals surface area contributed by atoms with E-state index in [-0.39, 0.29) is 12.5 Å². The summed E-state index contributed by atoms with van der Waals surface area (Å²) in [6.07, 6.45) is 0.557. The molecular formula is C33H31ClN2O5S. The first-order chi connectivity index (χ1) is 20.4. The van der Waals surface area contributed by atoms with Crippen molar-refractivity contribution in [3.8, 4) is 11.5 Å². The second kappa shape index (κ2) is 13.2. The highest BCUT2D eigenvalue weighted by atomic mass is 35.7. The second-order valence-corrected chi connectivity index (χ2v) is 11.9. The van der Waals surface area contributed by atoms with Crippen molar-refractivity contribution in [3.63, 3.8) is 0 Å². The molecular weight excluding hydrogens is 572 g/mol. The maximum Gasteiger partial charge on any atom is 0.258 e. The minimum absolute atomic E-state index is 0.0130. The molecule has 7 nitrogen and oxygen atoms in total. The number of nitrogens with zero attached hydrogens (tertiary/aromatic N) is 1. The number of methoxy groups -OCH3 is 1. The Morgan fingerprint density at radius 3 is 2.05 bits per heavy atom. The topological polar surface area (TPSA) is 84.9 Å². The van der Waals surface area contributed by atoms with Crippen LogP contribution in [-0.4, -0.2) is 41.2 Å². The van der Waals surface area contributed by atoms with E-state index in [9.17, 15) is 13.8 Å². The largest absolute Gasteiger partial charge is 0.496 e. The number of β-lactam (4-membered cyclic amide) rings is 1. The predicted molar refractivity (Wildman–Crippen MR) is 165 cm³/mol. The van der Waals surface area contributed by atoms with Crippen molar-refractivity contribution in [3.05, 3.63) is 125 Å². The van der Waals surface area contributed by atoms with Gasteiger partial charge in [-0.25, -0.2) is 4.21 Å². The molecule has 0 saturated carbocycles. The quantitative estimate of drug-likeness (QED) is 0.181. The summed E-state index contributed by atoms with van der Waals surface area (Å²) in [6.45, 7) is 1.56. The summed E-state index contributed by atoms with van der Waals surface area (Å²) < 4.78 is 23.9. The Morgan fingerprint density at radius 1 is 0.929 bits per heavy atom. The van der Waals surface area contributed by atoms with Crippen LogP contribution in [0.1, 0.15) is 28.2 Å². The molecule has 0 aliphatic carbocycles. The fourth-order valence-corrected chi connectivity index (χ4v) is 6.70. The number of amides is 2. The zero-order chi connectivity index (χ0) is 29.6. The maximum atomic E-state index is 13.7. The van der Waals surface area contributed by atoms with Crippen molar-refractivity contribution >= 4 is 38.2 Å². The summed E-state index contributed by atoms with van der Waals surface area (Å²) in [4.78, 5) is 27.8. The van der Waals surface area contributed by atoms with Crippen molar-refractivity contribution in [1.82, 2.24) is 5.32 Å². The van der Waals surface area contributed by atoms with Gasteiger partial charge in [-0.05, 0) is 58.9 Å². The van der Waals surface area contributed by atoms with E-state index in [4.69, 9.17) is 20.2 Å². The van der Waals surface area contributed by atoms with Crippen LogP contribution in [-0.2, 0) is 26.0 Å². The molecule has 1 aliphatic heterocycles. The smallest absolute Gasteiger partial charge is 0.258 e. The van der Waals surface area contributed by atoms with Crippen molar-refractivity contribution in [2.75, 3.05) is 18.6 Å². The zero-order valence-corrected chi connectivity index (χ0v) is 24.8. The van der Waals surface area contributed by atoms with Crippen LogP contribution >= 0.6 is 10.7 Å². The molecule has 1 heterocycles. The number of ether oxygens (including phenoxy) is 2. The maximum absolute atomic E-state index is 13.7. The van der Waals surface area contributed by atoms with Gasteiger partial charge in [0.1, 0.15) is 27.6 Å². The molecule has 0 spiro atoms. The fraction of sp³-hybridized carbons (Fsp3) is 0.212. The van der Waals surface area contributed by atoms with Crippen LogP contribution < -0.4 is 19.7 Å². The van der Waals surface area contributed by atoms with E-state index in [0.717, 1.165) is 16.7 Å². The Balaban J connectivity index is 1.45. The van der Waals surface area contributed by atoms with Gasteiger partial charge in [-0.2, -0.15) is 0 Å². The van der Waals surface area contributed by atoms with E-state index in [1.54, 1.807) is 31.4 Å². The van der Waals surface area contributed by atoms with E-state index in [2.05, 4.69) is 29.6 Å². The van der Waals surface area contributed by atoms with Gasteiger partial charge in [-0.1, -0.05) is 84.9 Å². The number of carbonyl (C=O) groups excluding carboxylic acids is 2. The third kappa shape index (κ3) is 6.20. The predicted octanol–water partition coefficient (Wildman–Crippen LogP) is 5.52. The lowest BCUT2D eigenvalue weighted by Gasteiger charge is -2.46. The molecule has 0 aromatic heterocycles. The molecule has 3 atom stereocenters. The molecule has 4 aromatic rings. The molecule has 9 heteroatoms. The van der Waals surface area contributed by atoms with Crippen LogP contribution in [0.5, 0.6) is 11.5 Å². The van der Waals surface area contributed by atoms with E-state index >= 15 is 0 Å². The normalized spacial score (nSPS) is 17.0. The van der Waals surface area contributed by atoms with Crippen LogP contribution in [0, 0.1) is 6.92 Å². The molecule has 1 fully saturated rings. The van der Waals surface area contributed by atoms with Crippen molar-refractivity contribution < 1.29 is 23.3 Å². The molecule has 1 saturated heterocycles. The summed E-state index contributed by atoms with van der Waals surface area (Å²) in [5, 5.41) is 1.69. The summed E-state index contributed by atoms with van der Waals surface area (Å²) in [5.74, 6) is 0.173. The summed E-state index contributed by atoms with van der Waals surface area (Å²) >= 11 is 0. The third-order valence-corrected chi connectivity index (χ3v) is 8.83. The molecule has 0 radical (unpaired) electrons. The summed E-state index contributed by atoms with van der Waals surface area (Å²) in [7, 11) is 5.75. The number of rotatable bonds is 11. The number of anilines is 1. The molecule has 1 aliphatic rings. The summed E-state index contributed by atoms with van der Waals surface area (Å²) in [6, 6.07) is 31.9. The van der Waals surface area contributed by atoms with Gasteiger partial charge in [0.15, 0.2) is 12.0 Å². The van der Waals surface area contributed by atoms with Gasteiger partial charge in [-0.3, -0.25) is 14.5 Å². The standard InChI is InChI=1S/C33H31ClN2O5S/c1-22-28(40-2)19-18-25(20-27(23-12-6-3-7-13-23)24-14-8-4-9-15-24)31(22)36-32(38)30(33(36)42(34)39)35-29(37)21-41-26-16-10-5-11-17-26/h3-19,27,30,33H,20-21H2,1-2H3,(H,35,37). The molecule has 1 N–H and O–H groups in total. The molecule has 4 aromatic carbocycles. The number of hydrogen-bond donors (Lipinski definition) is 1. The highest BCUT2D eigenvalue weighted by Gasteiger charge is 2.53. The number of para-hydroxylation sites is 1. The van der Waals surface area contributed by atoms with Crippen LogP contribution in [0.25, 0.3) is 0 Å². The van der Waals surface area contributed by atoms with E-state index in [0.29, 0.717) is 29.2 Å². The van der Waals surface area contributed by atoms with Crippen LogP contribution in [0.15, 0.2) is 103 Å². The number of benzene rings is 4. The highest BCUT2D eigenvalue weighted by Crippen LogP contribution is 2.42. The lowest BCUT2D eigenvalue weighted by molar-refractivity contribution is -0.132. The average Bonchev–Trinajstić information content (AvgIpc) is 3.02. The van der Waals surface area contributed by atoms with Crippen molar-refractivity contribution in [2.24, 2.45) is 0 Å². The van der Waals surface area contributed by atoms with Gasteiger partial charge in [0, 0.05) is 11.5 Å². The zero-order valence-electron chi connectivity index (χ0n) is 23.2. The highest BCUT2D eigenvalue weighted by molar-refractivity contribution is 8.09. The molecule has 3 unspecified atom stereocenters. The van der Waals surface area contributed by atoms with E-state index in [1.165, 1.54) is 4.90 Å². The molecule has 216 valence electrons. The van der Waals surface area contributed by atoms with Crippen molar-refractivity contribution in [1.29, 1.82) is 0 Å². The van der Waals surface area contributed by atoms with Gasteiger partial charge >= 0.3 is 0 Å². The Kier molecular flexibility index (Phi) is 9.25. The first kappa shape index (κ1) is 29.4. The van der Waals surface area contributed by atoms with Crippen molar-refractivity contribution in [2.45, 2.75) is 30.7 Å². The van der Waals surface area contributed by atoms with Gasteiger partial charge in [-0.15, -0.1) is 0 Å². The minimum Gasteiger partial charge on any atom is -0.496 e. The molecule has 5 rings (SSSR count). The van der Waals surface area contributed by atoms with Crippen LogP contribution in [0.2, 0.25) is 0 Å². The van der Waals surface area contributed by atoms with Crippen LogP contribution in [0.3, 0.4) is 0 Å². The second-order valence-electron chi connectivity index (χ2n) is 9.97. The number of nitrogens with one attached hydrogen (secondary N) is 1. The van der Waals surface area contributed by atoms with Gasteiger partial charge in [0.2, 0.25) is 0 Å². The Morgan fingerprint density at radius 2 is 1.50 bits per heavy atom. The number of halogens is 1. The summed E-state index contributed by atoms with van der Waals surface area (Å²) in [5.41, 5.74) is 4.41. The van der Waals surface area contributed by atoms with Gasteiger partial charge in [0.05, 0.1) is 12.8 Å². The molecule has 2 amide bonds. The first-order valence-electron chi connectivity index (χ1n) is 13.5.